The Balaban J connectivity index is 1.60. The number of rotatable bonds is 7. The van der Waals surface area contributed by atoms with Crippen molar-refractivity contribution in [2.45, 2.75) is 30.7 Å². The summed E-state index contributed by atoms with van der Waals surface area (Å²) in [6.45, 7) is 3.81. The Morgan fingerprint density at radius 3 is 2.46 bits per heavy atom. The summed E-state index contributed by atoms with van der Waals surface area (Å²) in [6, 6.07) is 16.6. The number of hydrogen-bond acceptors (Lipinski definition) is 4. The fourth-order valence-corrected chi connectivity index (χ4v) is 3.54. The van der Waals surface area contributed by atoms with Crippen LogP contribution in [0.25, 0.3) is 0 Å². The average molecular weight is 395 g/mol. The molecule has 144 valence electrons. The van der Waals surface area contributed by atoms with Gasteiger partial charge in [-0.25, -0.2) is 4.98 Å². The van der Waals surface area contributed by atoms with Crippen LogP contribution < -0.4 is 11.1 Å². The molecule has 0 saturated heterocycles. The highest BCUT2D eigenvalue weighted by Crippen LogP contribution is 2.24. The molecule has 3 rings (SSSR count). The van der Waals surface area contributed by atoms with Crippen LogP contribution in [0.2, 0.25) is 0 Å². The molecule has 0 bridgehead atoms. The molecule has 1 aromatic heterocycles. The maximum absolute atomic E-state index is 12.5. The predicted octanol–water partition coefficient (Wildman–Crippen LogP) is 3.53. The molecular weight excluding hydrogens is 372 g/mol. The molecule has 0 aliphatic carbocycles. The number of anilines is 1. The lowest BCUT2D eigenvalue weighted by Gasteiger charge is -2.10. The van der Waals surface area contributed by atoms with Gasteiger partial charge in [0.15, 0.2) is 5.16 Å². The Bertz CT molecular complexity index is 968. The van der Waals surface area contributed by atoms with Gasteiger partial charge in [-0.15, -0.1) is 0 Å². The van der Waals surface area contributed by atoms with Crippen molar-refractivity contribution >= 4 is 29.3 Å². The maximum Gasteiger partial charge on any atom is 0.248 e. The highest BCUT2D eigenvalue weighted by molar-refractivity contribution is 8.00. The molecule has 0 unspecified atom stereocenters. The van der Waals surface area contributed by atoms with Crippen molar-refractivity contribution in [3.05, 3.63) is 77.1 Å². The molecule has 2 aromatic carbocycles. The number of nitrogens with zero attached hydrogens (tertiary/aromatic N) is 1. The van der Waals surface area contributed by atoms with Gasteiger partial charge >= 0.3 is 0 Å². The lowest BCUT2D eigenvalue weighted by atomic mass is 10.1. The summed E-state index contributed by atoms with van der Waals surface area (Å²) in [6.07, 6.45) is 0.747. The molecule has 3 aromatic rings. The SMILES string of the molecule is Cc1[nH]c(S[C@H](C)C(=O)Nc2ccc(C(N)=O)cc2)nc1Cc1ccccc1. The monoisotopic (exact) mass is 394 g/mol. The number of amides is 2. The van der Waals surface area contributed by atoms with Gasteiger partial charge in [-0.1, -0.05) is 42.1 Å². The number of aromatic amines is 1. The number of hydrogen-bond donors (Lipinski definition) is 3. The second-order valence-corrected chi connectivity index (χ2v) is 7.80. The third-order valence-corrected chi connectivity index (χ3v) is 5.26. The van der Waals surface area contributed by atoms with Crippen molar-refractivity contribution in [3.8, 4) is 0 Å². The quantitative estimate of drug-likeness (QED) is 0.534. The largest absolute Gasteiger partial charge is 0.366 e. The minimum atomic E-state index is -0.499. The minimum absolute atomic E-state index is 0.143. The number of carbonyl (C=O) groups is 2. The fraction of sp³-hybridized carbons (Fsp3) is 0.190. The molecule has 28 heavy (non-hydrogen) atoms. The number of nitrogens with one attached hydrogen (secondary N) is 2. The lowest BCUT2D eigenvalue weighted by Crippen LogP contribution is -2.22. The number of nitrogens with two attached hydrogens (primary N) is 1. The topological polar surface area (TPSA) is 101 Å². The van der Waals surface area contributed by atoms with Crippen LogP contribution in [0.1, 0.15) is 34.2 Å². The predicted molar refractivity (Wildman–Crippen MR) is 111 cm³/mol. The van der Waals surface area contributed by atoms with Crippen molar-refractivity contribution in [2.75, 3.05) is 5.32 Å². The lowest BCUT2D eigenvalue weighted by molar-refractivity contribution is -0.115. The van der Waals surface area contributed by atoms with E-state index in [-0.39, 0.29) is 11.2 Å². The van der Waals surface area contributed by atoms with Gasteiger partial charge in [0.2, 0.25) is 11.8 Å². The molecule has 1 atom stereocenters. The van der Waals surface area contributed by atoms with Gasteiger partial charge in [0.05, 0.1) is 10.9 Å². The molecule has 2 amide bonds. The van der Waals surface area contributed by atoms with Crippen molar-refractivity contribution in [1.29, 1.82) is 0 Å². The van der Waals surface area contributed by atoms with E-state index in [9.17, 15) is 9.59 Å². The number of benzene rings is 2. The molecule has 7 heteroatoms. The van der Waals surface area contributed by atoms with E-state index in [4.69, 9.17) is 5.73 Å². The Hall–Kier alpha value is -3.06. The van der Waals surface area contributed by atoms with Gasteiger partial charge in [-0.2, -0.15) is 0 Å². The number of carbonyl (C=O) groups excluding carboxylic acids is 2. The third-order valence-electron chi connectivity index (χ3n) is 4.27. The molecule has 0 aliphatic heterocycles. The van der Waals surface area contributed by atoms with E-state index in [1.807, 2.05) is 32.0 Å². The first-order chi connectivity index (χ1) is 13.4. The zero-order valence-electron chi connectivity index (χ0n) is 15.7. The second-order valence-electron chi connectivity index (χ2n) is 6.47. The number of primary amides is 1. The fourth-order valence-electron chi connectivity index (χ4n) is 2.67. The molecule has 0 saturated carbocycles. The van der Waals surface area contributed by atoms with Crippen LogP contribution in [-0.2, 0) is 11.2 Å². The maximum atomic E-state index is 12.5. The van der Waals surface area contributed by atoms with Crippen molar-refractivity contribution in [2.24, 2.45) is 5.73 Å². The molecule has 0 fully saturated rings. The molecule has 0 aliphatic rings. The molecule has 0 radical (unpaired) electrons. The Kier molecular flexibility index (Phi) is 6.16. The summed E-state index contributed by atoms with van der Waals surface area (Å²) in [5, 5.41) is 3.21. The standard InChI is InChI=1S/C21H22N4O2S/c1-13-18(12-15-6-4-3-5-7-15)25-21(23-13)28-14(2)20(27)24-17-10-8-16(9-11-17)19(22)26/h3-11,14H,12H2,1-2H3,(H2,22,26)(H,23,25)(H,24,27)/t14-/m1/s1. The zero-order valence-corrected chi connectivity index (χ0v) is 16.5. The van der Waals surface area contributed by atoms with Gasteiger partial charge < -0.3 is 16.0 Å². The number of H-pyrrole nitrogens is 1. The van der Waals surface area contributed by atoms with E-state index >= 15 is 0 Å². The van der Waals surface area contributed by atoms with E-state index in [1.54, 1.807) is 24.3 Å². The molecule has 0 spiro atoms. The van der Waals surface area contributed by atoms with Crippen LogP contribution in [-0.4, -0.2) is 27.0 Å². The van der Waals surface area contributed by atoms with Gasteiger partial charge in [0, 0.05) is 23.4 Å². The summed E-state index contributed by atoms with van der Waals surface area (Å²) < 4.78 is 0. The van der Waals surface area contributed by atoms with E-state index in [1.165, 1.54) is 17.3 Å². The summed E-state index contributed by atoms with van der Waals surface area (Å²) >= 11 is 1.37. The molecule has 1 heterocycles. The second kappa shape index (κ2) is 8.75. The van der Waals surface area contributed by atoms with Gasteiger partial charge in [0.1, 0.15) is 0 Å². The average Bonchev–Trinajstić information content (AvgIpc) is 3.01. The number of thioether (sulfide) groups is 1. The molecule has 4 N–H and O–H groups in total. The molecule has 6 nitrogen and oxygen atoms in total. The highest BCUT2D eigenvalue weighted by atomic mass is 32.2. The van der Waals surface area contributed by atoms with Gasteiger partial charge in [0.25, 0.3) is 0 Å². The van der Waals surface area contributed by atoms with Crippen LogP contribution in [0.3, 0.4) is 0 Å². The summed E-state index contributed by atoms with van der Waals surface area (Å²) in [5.74, 6) is -0.642. The van der Waals surface area contributed by atoms with Crippen LogP contribution in [0.5, 0.6) is 0 Å². The smallest absolute Gasteiger partial charge is 0.248 e. The van der Waals surface area contributed by atoms with E-state index < -0.39 is 5.91 Å². The molecular formula is C21H22N4O2S. The van der Waals surface area contributed by atoms with Gasteiger partial charge in [-0.3, -0.25) is 9.59 Å². The van der Waals surface area contributed by atoms with E-state index in [0.29, 0.717) is 11.3 Å². The van der Waals surface area contributed by atoms with Crippen molar-refractivity contribution in [1.82, 2.24) is 9.97 Å². The van der Waals surface area contributed by atoms with Crippen molar-refractivity contribution in [3.63, 3.8) is 0 Å². The van der Waals surface area contributed by atoms with Gasteiger partial charge in [-0.05, 0) is 43.7 Å². The van der Waals surface area contributed by atoms with Crippen LogP contribution >= 0.6 is 11.8 Å². The number of aryl methyl sites for hydroxylation is 1. The van der Waals surface area contributed by atoms with Crippen molar-refractivity contribution < 1.29 is 9.59 Å². The summed E-state index contributed by atoms with van der Waals surface area (Å²) in [5.41, 5.74) is 9.41. The highest BCUT2D eigenvalue weighted by Gasteiger charge is 2.18. The third kappa shape index (κ3) is 5.01. The normalized spacial score (nSPS) is 11.8. The van der Waals surface area contributed by atoms with E-state index in [2.05, 4.69) is 27.4 Å². The first-order valence-corrected chi connectivity index (χ1v) is 9.77. The first-order valence-electron chi connectivity index (χ1n) is 8.89. The van der Waals surface area contributed by atoms with E-state index in [0.717, 1.165) is 23.0 Å². The summed E-state index contributed by atoms with van der Waals surface area (Å²) in [4.78, 5) is 31.5. The zero-order chi connectivity index (χ0) is 20.1. The Morgan fingerprint density at radius 1 is 1.14 bits per heavy atom. The first kappa shape index (κ1) is 19.7. The van der Waals surface area contributed by atoms with Crippen LogP contribution in [0.15, 0.2) is 59.8 Å². The Labute approximate surface area is 167 Å². The van der Waals surface area contributed by atoms with Crippen LogP contribution in [0, 0.1) is 6.92 Å². The minimum Gasteiger partial charge on any atom is -0.366 e. The summed E-state index contributed by atoms with van der Waals surface area (Å²) in [7, 11) is 0. The number of imidazole rings is 1. The Morgan fingerprint density at radius 2 is 1.82 bits per heavy atom. The van der Waals surface area contributed by atoms with Crippen LogP contribution in [0.4, 0.5) is 5.69 Å². The number of aromatic nitrogens is 2.